The SMILES string of the molecule is NC(=O)C1CCCN1Cc1cccc(NC(=O)c2ccc(NC(=O)c3ccco3)s2)c1. The van der Waals surface area contributed by atoms with Crippen molar-refractivity contribution in [3.8, 4) is 0 Å². The lowest BCUT2D eigenvalue weighted by Crippen LogP contribution is -2.39. The molecule has 4 N–H and O–H groups in total. The zero-order chi connectivity index (χ0) is 21.8. The van der Waals surface area contributed by atoms with Crippen LogP contribution in [0, 0.1) is 0 Å². The Kier molecular flexibility index (Phi) is 6.15. The molecule has 1 saturated heterocycles. The highest BCUT2D eigenvalue weighted by molar-refractivity contribution is 7.18. The van der Waals surface area contributed by atoms with Gasteiger partial charge in [0.05, 0.1) is 22.2 Å². The maximum absolute atomic E-state index is 12.6. The highest BCUT2D eigenvalue weighted by Crippen LogP contribution is 2.25. The number of carbonyl (C=O) groups excluding carboxylic acids is 3. The maximum atomic E-state index is 12.6. The quantitative estimate of drug-likeness (QED) is 0.523. The van der Waals surface area contributed by atoms with Crippen LogP contribution >= 0.6 is 11.3 Å². The molecule has 0 bridgehead atoms. The van der Waals surface area contributed by atoms with Gasteiger partial charge in [0.25, 0.3) is 11.8 Å². The first kappa shape index (κ1) is 20.8. The second-order valence-electron chi connectivity index (χ2n) is 7.28. The van der Waals surface area contributed by atoms with Gasteiger partial charge < -0.3 is 20.8 Å². The summed E-state index contributed by atoms with van der Waals surface area (Å²) in [6, 6.07) is 13.8. The van der Waals surface area contributed by atoms with E-state index in [0.29, 0.717) is 22.1 Å². The Bertz CT molecular complexity index is 1090. The van der Waals surface area contributed by atoms with E-state index in [-0.39, 0.29) is 29.5 Å². The van der Waals surface area contributed by atoms with Crippen LogP contribution in [0.15, 0.2) is 59.2 Å². The third-order valence-electron chi connectivity index (χ3n) is 5.07. The van der Waals surface area contributed by atoms with Gasteiger partial charge in [-0.05, 0) is 61.3 Å². The van der Waals surface area contributed by atoms with Crippen LogP contribution in [-0.4, -0.2) is 35.2 Å². The Morgan fingerprint density at radius 1 is 1.10 bits per heavy atom. The number of rotatable bonds is 7. The Morgan fingerprint density at radius 2 is 1.97 bits per heavy atom. The molecule has 0 spiro atoms. The van der Waals surface area contributed by atoms with E-state index < -0.39 is 0 Å². The van der Waals surface area contributed by atoms with Gasteiger partial charge in [-0.2, -0.15) is 0 Å². The Morgan fingerprint density at radius 3 is 2.74 bits per heavy atom. The zero-order valence-corrected chi connectivity index (χ0v) is 17.5. The van der Waals surface area contributed by atoms with Gasteiger partial charge in [0.1, 0.15) is 0 Å². The van der Waals surface area contributed by atoms with Gasteiger partial charge in [0, 0.05) is 12.2 Å². The van der Waals surface area contributed by atoms with Gasteiger partial charge in [-0.25, -0.2) is 0 Å². The van der Waals surface area contributed by atoms with Crippen molar-refractivity contribution in [3.63, 3.8) is 0 Å². The lowest BCUT2D eigenvalue weighted by Gasteiger charge is -2.22. The van der Waals surface area contributed by atoms with Crippen molar-refractivity contribution in [3.05, 3.63) is 71.0 Å². The summed E-state index contributed by atoms with van der Waals surface area (Å²) in [7, 11) is 0. The van der Waals surface area contributed by atoms with Gasteiger partial charge >= 0.3 is 0 Å². The number of furan rings is 1. The van der Waals surface area contributed by atoms with Crippen molar-refractivity contribution in [2.45, 2.75) is 25.4 Å². The summed E-state index contributed by atoms with van der Waals surface area (Å²) in [5, 5.41) is 6.14. The van der Waals surface area contributed by atoms with E-state index >= 15 is 0 Å². The minimum Gasteiger partial charge on any atom is -0.459 e. The van der Waals surface area contributed by atoms with E-state index in [1.165, 1.54) is 17.6 Å². The number of carbonyl (C=O) groups is 3. The molecule has 2 aromatic heterocycles. The Hall–Kier alpha value is -3.43. The van der Waals surface area contributed by atoms with Crippen LogP contribution in [0.4, 0.5) is 10.7 Å². The van der Waals surface area contributed by atoms with Crippen LogP contribution in [0.1, 0.15) is 38.6 Å². The number of primary amides is 1. The molecule has 1 aliphatic heterocycles. The molecular formula is C22H22N4O4S. The van der Waals surface area contributed by atoms with Crippen molar-refractivity contribution in [1.29, 1.82) is 0 Å². The van der Waals surface area contributed by atoms with Crippen LogP contribution < -0.4 is 16.4 Å². The first-order valence-corrected chi connectivity index (χ1v) is 10.7. The predicted octanol–water partition coefficient (Wildman–Crippen LogP) is 3.30. The van der Waals surface area contributed by atoms with E-state index in [2.05, 4.69) is 15.5 Å². The van der Waals surface area contributed by atoms with Gasteiger partial charge in [0.2, 0.25) is 5.91 Å². The standard InChI is InChI=1S/C22H22N4O4S/c23-20(27)16-6-2-10-26(16)13-14-4-1-5-15(12-14)24-22(29)18-8-9-19(31-18)25-21(28)17-7-3-11-30-17/h1,3-5,7-9,11-12,16H,2,6,10,13H2,(H2,23,27)(H,24,29)(H,25,28). The van der Waals surface area contributed by atoms with Crippen LogP contribution in [-0.2, 0) is 11.3 Å². The molecular weight excluding hydrogens is 416 g/mol. The van der Waals surface area contributed by atoms with Crippen LogP contribution in [0.25, 0.3) is 0 Å². The molecule has 1 fully saturated rings. The van der Waals surface area contributed by atoms with E-state index in [9.17, 15) is 14.4 Å². The van der Waals surface area contributed by atoms with E-state index in [4.69, 9.17) is 10.2 Å². The fourth-order valence-corrected chi connectivity index (χ4v) is 4.42. The second-order valence-corrected chi connectivity index (χ2v) is 8.36. The molecule has 3 amide bonds. The van der Waals surface area contributed by atoms with Crippen molar-refractivity contribution in [1.82, 2.24) is 4.90 Å². The summed E-state index contributed by atoms with van der Waals surface area (Å²) in [5.74, 6) is -0.734. The number of amides is 3. The summed E-state index contributed by atoms with van der Waals surface area (Å²) in [4.78, 5) is 38.8. The highest BCUT2D eigenvalue weighted by atomic mass is 32.1. The molecule has 3 aromatic rings. The van der Waals surface area contributed by atoms with Crippen LogP contribution in [0.3, 0.4) is 0 Å². The molecule has 1 unspecified atom stereocenters. The predicted molar refractivity (Wildman–Crippen MR) is 118 cm³/mol. The summed E-state index contributed by atoms with van der Waals surface area (Å²) in [6.45, 7) is 1.42. The Labute approximate surface area is 183 Å². The lowest BCUT2D eigenvalue weighted by molar-refractivity contribution is -0.122. The molecule has 1 atom stereocenters. The number of anilines is 2. The van der Waals surface area contributed by atoms with Crippen LogP contribution in [0.2, 0.25) is 0 Å². The highest BCUT2D eigenvalue weighted by Gasteiger charge is 2.28. The Balaban J connectivity index is 1.38. The first-order chi connectivity index (χ1) is 15.0. The molecule has 0 saturated carbocycles. The van der Waals surface area contributed by atoms with Crippen molar-refractivity contribution in [2.75, 3.05) is 17.2 Å². The van der Waals surface area contributed by atoms with E-state index in [0.717, 1.165) is 24.9 Å². The number of benzene rings is 1. The maximum Gasteiger partial charge on any atom is 0.291 e. The van der Waals surface area contributed by atoms with Gasteiger partial charge in [-0.3, -0.25) is 19.3 Å². The van der Waals surface area contributed by atoms with Gasteiger partial charge in [-0.1, -0.05) is 12.1 Å². The molecule has 31 heavy (non-hydrogen) atoms. The molecule has 0 aliphatic carbocycles. The van der Waals surface area contributed by atoms with Gasteiger partial charge in [0.15, 0.2) is 5.76 Å². The molecule has 8 nitrogen and oxygen atoms in total. The lowest BCUT2D eigenvalue weighted by atomic mass is 10.1. The topological polar surface area (TPSA) is 118 Å². The molecule has 0 radical (unpaired) electrons. The fraction of sp³-hybridized carbons (Fsp3) is 0.227. The summed E-state index contributed by atoms with van der Waals surface area (Å²) in [6.07, 6.45) is 3.15. The molecule has 3 heterocycles. The largest absolute Gasteiger partial charge is 0.459 e. The molecule has 4 rings (SSSR count). The second kappa shape index (κ2) is 9.15. The third-order valence-corrected chi connectivity index (χ3v) is 6.07. The van der Waals surface area contributed by atoms with Crippen molar-refractivity contribution < 1.29 is 18.8 Å². The number of thiophene rings is 1. The van der Waals surface area contributed by atoms with Crippen molar-refractivity contribution >= 4 is 39.7 Å². The van der Waals surface area contributed by atoms with Crippen molar-refractivity contribution in [2.24, 2.45) is 5.73 Å². The number of likely N-dealkylation sites (tertiary alicyclic amines) is 1. The number of nitrogens with two attached hydrogens (primary N) is 1. The normalized spacial score (nSPS) is 16.2. The minimum absolute atomic E-state index is 0.202. The number of hydrogen-bond acceptors (Lipinski definition) is 6. The van der Waals surface area contributed by atoms with E-state index in [1.807, 2.05) is 24.3 Å². The van der Waals surface area contributed by atoms with Crippen LogP contribution in [0.5, 0.6) is 0 Å². The average molecular weight is 439 g/mol. The van der Waals surface area contributed by atoms with Gasteiger partial charge in [-0.15, -0.1) is 11.3 Å². The number of nitrogens with one attached hydrogen (secondary N) is 2. The summed E-state index contributed by atoms with van der Waals surface area (Å²) in [5.41, 5.74) is 7.14. The summed E-state index contributed by atoms with van der Waals surface area (Å²) < 4.78 is 5.06. The molecule has 9 heteroatoms. The minimum atomic E-state index is -0.373. The fourth-order valence-electron chi connectivity index (χ4n) is 3.62. The third kappa shape index (κ3) is 5.01. The number of nitrogens with zero attached hydrogens (tertiary/aromatic N) is 1. The average Bonchev–Trinajstić information content (AvgIpc) is 3.50. The summed E-state index contributed by atoms with van der Waals surface area (Å²) >= 11 is 1.17. The smallest absolute Gasteiger partial charge is 0.291 e. The number of hydrogen-bond donors (Lipinski definition) is 3. The molecule has 1 aliphatic rings. The monoisotopic (exact) mass is 438 g/mol. The molecule has 160 valence electrons. The van der Waals surface area contributed by atoms with E-state index in [1.54, 1.807) is 24.3 Å². The zero-order valence-electron chi connectivity index (χ0n) is 16.7. The molecule has 1 aromatic carbocycles. The first-order valence-electron chi connectivity index (χ1n) is 9.88.